The van der Waals surface area contributed by atoms with Gasteiger partial charge in [-0.2, -0.15) is 0 Å². The molecule has 2 unspecified atom stereocenters. The Kier molecular flexibility index (Phi) is 9.28. The van der Waals surface area contributed by atoms with E-state index in [0.717, 1.165) is 30.4 Å². The van der Waals surface area contributed by atoms with Crippen LogP contribution in [-0.2, 0) is 0 Å². The summed E-state index contributed by atoms with van der Waals surface area (Å²) in [5, 5.41) is 10.8. The molecule has 0 heterocycles. The fraction of sp³-hybridized carbons (Fsp3) is 0.600. The number of hydrogen-bond acceptors (Lipinski definition) is 1. The van der Waals surface area contributed by atoms with Gasteiger partial charge in [-0.05, 0) is 44.3 Å². The molecule has 0 aromatic heterocycles. The lowest BCUT2D eigenvalue weighted by Gasteiger charge is -2.34. The van der Waals surface area contributed by atoms with Gasteiger partial charge in [0, 0.05) is 5.92 Å². The van der Waals surface area contributed by atoms with Crippen LogP contribution in [0.25, 0.3) is 0 Å². The van der Waals surface area contributed by atoms with Crippen LogP contribution in [0.4, 0.5) is 0 Å². The van der Waals surface area contributed by atoms with Gasteiger partial charge in [0.1, 0.15) is 0 Å². The van der Waals surface area contributed by atoms with Gasteiger partial charge in [0.2, 0.25) is 0 Å². The van der Waals surface area contributed by atoms with Crippen molar-refractivity contribution in [3.8, 4) is 0 Å². The lowest BCUT2D eigenvalue weighted by atomic mass is 9.73. The van der Waals surface area contributed by atoms with Gasteiger partial charge < -0.3 is 5.11 Å². The molecular formula is C20H34O. The number of allylic oxidation sites excluding steroid dienone is 4. The van der Waals surface area contributed by atoms with E-state index in [1.807, 2.05) is 13.8 Å². The molecule has 0 aromatic rings. The average molecular weight is 290 g/mol. The molecule has 2 atom stereocenters. The summed E-state index contributed by atoms with van der Waals surface area (Å²) in [5.41, 5.74) is 4.39. The van der Waals surface area contributed by atoms with Gasteiger partial charge in [0.25, 0.3) is 0 Å². The zero-order valence-electron chi connectivity index (χ0n) is 14.9. The third kappa shape index (κ3) is 5.32. The second-order valence-electron chi connectivity index (χ2n) is 5.97. The third-order valence-electron chi connectivity index (χ3n) is 4.29. The first kappa shape index (κ1) is 19.9. The summed E-state index contributed by atoms with van der Waals surface area (Å²) < 4.78 is 0. The van der Waals surface area contributed by atoms with E-state index in [1.54, 1.807) is 0 Å². The molecule has 0 aliphatic heterocycles. The monoisotopic (exact) mass is 290 g/mol. The Morgan fingerprint density at radius 3 is 1.90 bits per heavy atom. The molecule has 0 fully saturated rings. The van der Waals surface area contributed by atoms with Crippen molar-refractivity contribution in [3.05, 3.63) is 47.6 Å². The second-order valence-corrected chi connectivity index (χ2v) is 5.97. The average Bonchev–Trinajstić information content (AvgIpc) is 2.44. The van der Waals surface area contributed by atoms with Gasteiger partial charge in [-0.3, -0.25) is 0 Å². The molecule has 21 heavy (non-hydrogen) atoms. The molecule has 0 saturated carbocycles. The zero-order valence-corrected chi connectivity index (χ0v) is 14.9. The molecule has 0 saturated heterocycles. The molecule has 0 spiro atoms. The topological polar surface area (TPSA) is 20.2 Å². The quantitative estimate of drug-likeness (QED) is 0.418. The largest absolute Gasteiger partial charge is 0.388 e. The van der Waals surface area contributed by atoms with Gasteiger partial charge in [-0.25, -0.2) is 0 Å². The normalized spacial score (nSPS) is 16.0. The fourth-order valence-corrected chi connectivity index (χ4v) is 3.13. The highest BCUT2D eigenvalue weighted by molar-refractivity contribution is 5.41. The number of aliphatic hydroxyl groups is 1. The van der Waals surface area contributed by atoms with Gasteiger partial charge in [0.05, 0.1) is 6.10 Å². The Bertz CT molecular complexity index is 408. The SMILES string of the molecule is C=C(C)/C(=C(\C=C/C)CC)C(C(CC)CC)C(O)C(=C)C. The lowest BCUT2D eigenvalue weighted by Crippen LogP contribution is -2.31. The molecule has 120 valence electrons. The highest BCUT2D eigenvalue weighted by Crippen LogP contribution is 2.37. The van der Waals surface area contributed by atoms with E-state index in [4.69, 9.17) is 0 Å². The van der Waals surface area contributed by atoms with Crippen LogP contribution < -0.4 is 0 Å². The summed E-state index contributed by atoms with van der Waals surface area (Å²) in [5.74, 6) is 0.524. The maximum Gasteiger partial charge on any atom is 0.0816 e. The molecule has 0 bridgehead atoms. The van der Waals surface area contributed by atoms with Gasteiger partial charge in [-0.15, -0.1) is 0 Å². The van der Waals surface area contributed by atoms with Crippen molar-refractivity contribution in [1.29, 1.82) is 0 Å². The van der Waals surface area contributed by atoms with Crippen LogP contribution in [0, 0.1) is 11.8 Å². The first-order valence-electron chi connectivity index (χ1n) is 8.20. The standard InChI is InChI=1S/C20H34O/c1-9-13-17(12-4)18(14(5)6)19(16(10-2)11-3)20(21)15(7)8/h9,13,16,19-21H,5,7,10-12H2,1-4,6,8H3/b13-9-,18-17+. The van der Waals surface area contributed by atoms with Crippen LogP contribution in [0.2, 0.25) is 0 Å². The Hall–Kier alpha value is -1.08. The predicted molar refractivity (Wildman–Crippen MR) is 95.3 cm³/mol. The molecule has 0 aliphatic rings. The summed E-state index contributed by atoms with van der Waals surface area (Å²) in [6.07, 6.45) is 6.77. The molecule has 1 heteroatoms. The smallest absolute Gasteiger partial charge is 0.0816 e. The highest BCUT2D eigenvalue weighted by atomic mass is 16.3. The summed E-state index contributed by atoms with van der Waals surface area (Å²) >= 11 is 0. The van der Waals surface area contributed by atoms with E-state index in [1.165, 1.54) is 11.1 Å². The Morgan fingerprint density at radius 2 is 1.62 bits per heavy atom. The van der Waals surface area contributed by atoms with Crippen molar-refractivity contribution in [2.45, 2.75) is 66.9 Å². The van der Waals surface area contributed by atoms with Crippen molar-refractivity contribution in [1.82, 2.24) is 0 Å². The number of rotatable bonds is 9. The summed E-state index contributed by atoms with van der Waals surface area (Å²) in [6, 6.07) is 0. The number of hydrogen-bond donors (Lipinski definition) is 1. The van der Waals surface area contributed by atoms with Gasteiger partial charge >= 0.3 is 0 Å². The maximum absolute atomic E-state index is 10.8. The summed E-state index contributed by atoms with van der Waals surface area (Å²) in [4.78, 5) is 0. The van der Waals surface area contributed by atoms with Crippen LogP contribution in [0.5, 0.6) is 0 Å². The minimum Gasteiger partial charge on any atom is -0.388 e. The molecular weight excluding hydrogens is 256 g/mol. The molecule has 0 radical (unpaired) electrons. The molecule has 1 N–H and O–H groups in total. The van der Waals surface area contributed by atoms with Crippen LogP contribution in [0.15, 0.2) is 47.6 Å². The minimum absolute atomic E-state index is 0.0844. The van der Waals surface area contributed by atoms with Crippen molar-refractivity contribution < 1.29 is 5.11 Å². The van der Waals surface area contributed by atoms with Crippen LogP contribution >= 0.6 is 0 Å². The summed E-state index contributed by atoms with van der Waals surface area (Å²) in [7, 11) is 0. The van der Waals surface area contributed by atoms with E-state index in [2.05, 4.69) is 53.0 Å². The maximum atomic E-state index is 10.8. The third-order valence-corrected chi connectivity index (χ3v) is 4.29. The van der Waals surface area contributed by atoms with Crippen molar-refractivity contribution in [3.63, 3.8) is 0 Å². The van der Waals surface area contributed by atoms with Crippen molar-refractivity contribution in [2.75, 3.05) is 0 Å². The van der Waals surface area contributed by atoms with Crippen molar-refractivity contribution in [2.24, 2.45) is 11.8 Å². The lowest BCUT2D eigenvalue weighted by molar-refractivity contribution is 0.120. The van der Waals surface area contributed by atoms with E-state index >= 15 is 0 Å². The van der Waals surface area contributed by atoms with Crippen LogP contribution in [0.3, 0.4) is 0 Å². The van der Waals surface area contributed by atoms with E-state index in [9.17, 15) is 5.11 Å². The van der Waals surface area contributed by atoms with Crippen LogP contribution in [-0.4, -0.2) is 11.2 Å². The van der Waals surface area contributed by atoms with Crippen LogP contribution in [0.1, 0.15) is 60.8 Å². The summed E-state index contributed by atoms with van der Waals surface area (Å²) in [6.45, 7) is 20.7. The van der Waals surface area contributed by atoms with Gasteiger partial charge in [0.15, 0.2) is 0 Å². The fourth-order valence-electron chi connectivity index (χ4n) is 3.13. The second kappa shape index (κ2) is 9.78. The van der Waals surface area contributed by atoms with E-state index in [0.29, 0.717) is 5.92 Å². The molecule has 0 rings (SSSR count). The molecule has 0 aromatic carbocycles. The Labute approximate surface area is 132 Å². The minimum atomic E-state index is -0.506. The van der Waals surface area contributed by atoms with Crippen molar-refractivity contribution >= 4 is 0 Å². The highest BCUT2D eigenvalue weighted by Gasteiger charge is 2.31. The molecule has 0 amide bonds. The Morgan fingerprint density at radius 1 is 1.10 bits per heavy atom. The van der Waals surface area contributed by atoms with E-state index in [-0.39, 0.29) is 5.92 Å². The Balaban J connectivity index is 6.15. The van der Waals surface area contributed by atoms with Gasteiger partial charge in [-0.1, -0.05) is 70.1 Å². The zero-order chi connectivity index (χ0) is 16.6. The molecule has 1 nitrogen and oxygen atoms in total. The predicted octanol–water partition coefficient (Wildman–Crippen LogP) is 5.83. The van der Waals surface area contributed by atoms with E-state index < -0.39 is 6.10 Å². The first-order chi connectivity index (χ1) is 9.85. The molecule has 0 aliphatic carbocycles. The first-order valence-corrected chi connectivity index (χ1v) is 8.20. The number of aliphatic hydroxyl groups excluding tert-OH is 1.